The number of rotatable bonds is 3. The molecule has 1 radical (unpaired) electrons. The zero-order valence-electron chi connectivity index (χ0n) is 7.69. The maximum Gasteiger partial charge on any atom is 0.0441 e. The maximum absolute atomic E-state index is 6.03. The smallest absolute Gasteiger partial charge is 0.0441 e. The van der Waals surface area contributed by atoms with E-state index >= 15 is 0 Å². The van der Waals surface area contributed by atoms with Crippen molar-refractivity contribution >= 4 is 23.2 Å². The van der Waals surface area contributed by atoms with E-state index in [0.29, 0.717) is 0 Å². The van der Waals surface area contributed by atoms with E-state index in [-0.39, 0.29) is 5.92 Å². The molecule has 0 fully saturated rings. The molecule has 0 saturated heterocycles. The normalized spacial score (nSPS) is 12.9. The van der Waals surface area contributed by atoms with Crippen LogP contribution in [0.25, 0.3) is 0 Å². The summed E-state index contributed by atoms with van der Waals surface area (Å²) in [7, 11) is 0. The topological polar surface area (TPSA) is 0 Å². The number of hydrogen-bond acceptors (Lipinski definition) is 0. The van der Waals surface area contributed by atoms with E-state index in [0.717, 1.165) is 28.5 Å². The fourth-order valence-electron chi connectivity index (χ4n) is 1.33. The third-order valence-corrected chi connectivity index (χ3v) is 2.61. The number of hydrogen-bond donors (Lipinski definition) is 0. The highest BCUT2D eigenvalue weighted by atomic mass is 35.5. The molecule has 0 aliphatic heterocycles. The van der Waals surface area contributed by atoms with Gasteiger partial charge in [-0.2, -0.15) is 0 Å². The molecule has 0 spiro atoms. The molecule has 0 saturated carbocycles. The van der Waals surface area contributed by atoms with Crippen LogP contribution < -0.4 is 0 Å². The fraction of sp³-hybridized carbons (Fsp3) is 0.364. The van der Waals surface area contributed by atoms with E-state index in [4.69, 9.17) is 23.2 Å². The molecular formula is C11H13Cl2. The molecule has 0 aliphatic rings. The molecule has 1 unspecified atom stereocenters. The first-order valence-corrected chi connectivity index (χ1v) is 5.18. The van der Waals surface area contributed by atoms with E-state index in [2.05, 4.69) is 13.8 Å². The zero-order chi connectivity index (χ0) is 9.84. The van der Waals surface area contributed by atoms with Gasteiger partial charge in [0, 0.05) is 10.0 Å². The van der Waals surface area contributed by atoms with Gasteiger partial charge in [-0.05, 0) is 43.0 Å². The highest BCUT2D eigenvalue weighted by Crippen LogP contribution is 2.29. The van der Waals surface area contributed by atoms with Crippen LogP contribution in [0.3, 0.4) is 0 Å². The van der Waals surface area contributed by atoms with E-state index in [1.807, 2.05) is 12.1 Å². The highest BCUT2D eigenvalue weighted by molar-refractivity contribution is 6.33. The summed E-state index contributed by atoms with van der Waals surface area (Å²) in [6.45, 7) is 6.19. The molecule has 0 amide bonds. The van der Waals surface area contributed by atoms with Gasteiger partial charge in [-0.25, -0.2) is 0 Å². The van der Waals surface area contributed by atoms with Gasteiger partial charge < -0.3 is 0 Å². The highest BCUT2D eigenvalue weighted by Gasteiger charge is 2.08. The lowest BCUT2D eigenvalue weighted by molar-refractivity contribution is 0.714. The van der Waals surface area contributed by atoms with Crippen LogP contribution in [0.2, 0.25) is 10.0 Å². The van der Waals surface area contributed by atoms with Gasteiger partial charge in [0.2, 0.25) is 0 Å². The molecule has 1 atom stereocenters. The van der Waals surface area contributed by atoms with E-state index in [9.17, 15) is 0 Å². The van der Waals surface area contributed by atoms with Gasteiger partial charge >= 0.3 is 0 Å². The van der Waals surface area contributed by atoms with Gasteiger partial charge in [0.05, 0.1) is 0 Å². The molecule has 0 aromatic heterocycles. The molecule has 1 aromatic rings. The van der Waals surface area contributed by atoms with Crippen molar-refractivity contribution in [2.24, 2.45) is 0 Å². The molecular weight excluding hydrogens is 203 g/mol. The number of halogens is 2. The molecule has 0 N–H and O–H groups in total. The zero-order valence-corrected chi connectivity index (χ0v) is 9.20. The van der Waals surface area contributed by atoms with Crippen LogP contribution >= 0.6 is 23.2 Å². The Balaban J connectivity index is 2.91. The molecule has 0 heterocycles. The Bertz CT molecular complexity index is 281. The Morgan fingerprint density at radius 3 is 2.69 bits per heavy atom. The first kappa shape index (κ1) is 10.9. The number of benzene rings is 1. The van der Waals surface area contributed by atoms with E-state index < -0.39 is 0 Å². The predicted molar refractivity (Wildman–Crippen MR) is 59.5 cm³/mol. The summed E-state index contributed by atoms with van der Waals surface area (Å²) in [5, 5.41) is 1.49. The van der Waals surface area contributed by atoms with Crippen LogP contribution in [0.4, 0.5) is 0 Å². The molecule has 0 aliphatic carbocycles. The van der Waals surface area contributed by atoms with Crippen molar-refractivity contribution < 1.29 is 0 Å². The standard InChI is InChI=1S/C11H13Cl2/c1-3-4-8(2)10-7-9(12)5-6-11(10)13/h5-8H,2-4H2,1H3. The van der Waals surface area contributed by atoms with Crippen LogP contribution in [-0.2, 0) is 0 Å². The van der Waals surface area contributed by atoms with Crippen molar-refractivity contribution in [3.63, 3.8) is 0 Å². The van der Waals surface area contributed by atoms with Crippen LogP contribution in [0.15, 0.2) is 18.2 Å². The molecule has 1 rings (SSSR count). The first-order valence-electron chi connectivity index (χ1n) is 4.43. The Hall–Kier alpha value is -0.200. The van der Waals surface area contributed by atoms with E-state index in [1.54, 1.807) is 6.07 Å². The van der Waals surface area contributed by atoms with Crippen molar-refractivity contribution in [1.82, 2.24) is 0 Å². The largest absolute Gasteiger partial charge is 0.0843 e. The van der Waals surface area contributed by atoms with Gasteiger partial charge in [0.1, 0.15) is 0 Å². The minimum Gasteiger partial charge on any atom is -0.0843 e. The maximum atomic E-state index is 6.03. The molecule has 0 nitrogen and oxygen atoms in total. The molecule has 2 heteroatoms. The fourth-order valence-corrected chi connectivity index (χ4v) is 1.78. The third kappa shape index (κ3) is 2.89. The predicted octanol–water partition coefficient (Wildman–Crippen LogP) is 4.71. The lowest BCUT2D eigenvalue weighted by atomic mass is 9.97. The summed E-state index contributed by atoms with van der Waals surface area (Å²) in [6, 6.07) is 5.52. The Labute approximate surface area is 89.9 Å². The quantitative estimate of drug-likeness (QED) is 0.686. The SMILES string of the molecule is [CH2]C(CCC)c1cc(Cl)ccc1Cl. The Morgan fingerprint density at radius 2 is 2.08 bits per heavy atom. The van der Waals surface area contributed by atoms with Crippen LogP contribution in [0.5, 0.6) is 0 Å². The summed E-state index contributed by atoms with van der Waals surface area (Å²) < 4.78 is 0. The van der Waals surface area contributed by atoms with E-state index in [1.165, 1.54) is 0 Å². The Morgan fingerprint density at radius 1 is 1.38 bits per heavy atom. The summed E-state index contributed by atoms with van der Waals surface area (Å²) in [6.07, 6.45) is 2.15. The van der Waals surface area contributed by atoms with Crippen LogP contribution in [-0.4, -0.2) is 0 Å². The van der Waals surface area contributed by atoms with Gasteiger partial charge in [-0.15, -0.1) is 0 Å². The van der Waals surface area contributed by atoms with Crippen molar-refractivity contribution in [2.45, 2.75) is 25.7 Å². The molecule has 1 aromatic carbocycles. The third-order valence-electron chi connectivity index (χ3n) is 2.04. The minimum atomic E-state index is 0.246. The Kier molecular flexibility index (Phi) is 4.08. The van der Waals surface area contributed by atoms with Gasteiger partial charge in [0.25, 0.3) is 0 Å². The first-order chi connectivity index (χ1) is 6.15. The van der Waals surface area contributed by atoms with Crippen molar-refractivity contribution in [2.75, 3.05) is 0 Å². The molecule has 0 bridgehead atoms. The average molecular weight is 216 g/mol. The minimum absolute atomic E-state index is 0.246. The monoisotopic (exact) mass is 215 g/mol. The lowest BCUT2D eigenvalue weighted by Crippen LogP contribution is -1.94. The van der Waals surface area contributed by atoms with Crippen LogP contribution in [0.1, 0.15) is 31.2 Å². The van der Waals surface area contributed by atoms with Gasteiger partial charge in [-0.1, -0.05) is 36.5 Å². The summed E-state index contributed by atoms with van der Waals surface area (Å²) in [4.78, 5) is 0. The summed E-state index contributed by atoms with van der Waals surface area (Å²) >= 11 is 11.9. The second-order valence-corrected chi connectivity index (χ2v) is 4.00. The molecule has 13 heavy (non-hydrogen) atoms. The summed E-state index contributed by atoms with van der Waals surface area (Å²) in [5.74, 6) is 0.246. The second-order valence-electron chi connectivity index (χ2n) is 3.15. The van der Waals surface area contributed by atoms with Gasteiger partial charge in [0.15, 0.2) is 0 Å². The average Bonchev–Trinajstić information content (AvgIpc) is 2.09. The molecule has 71 valence electrons. The van der Waals surface area contributed by atoms with Crippen molar-refractivity contribution in [3.05, 3.63) is 40.7 Å². The van der Waals surface area contributed by atoms with Crippen LogP contribution in [0, 0.1) is 6.92 Å². The van der Waals surface area contributed by atoms with Crippen molar-refractivity contribution in [1.29, 1.82) is 0 Å². The second kappa shape index (κ2) is 4.88. The van der Waals surface area contributed by atoms with Gasteiger partial charge in [-0.3, -0.25) is 0 Å². The van der Waals surface area contributed by atoms with Crippen molar-refractivity contribution in [3.8, 4) is 0 Å². The summed E-state index contributed by atoms with van der Waals surface area (Å²) in [5.41, 5.74) is 1.05. The lowest BCUT2D eigenvalue weighted by Gasteiger charge is -2.12.